The van der Waals surface area contributed by atoms with E-state index in [2.05, 4.69) is 10.3 Å². The van der Waals surface area contributed by atoms with Gasteiger partial charge in [0.25, 0.3) is 0 Å². The van der Waals surface area contributed by atoms with Crippen molar-refractivity contribution in [2.24, 2.45) is 0 Å². The van der Waals surface area contributed by atoms with Gasteiger partial charge in [0.15, 0.2) is 5.13 Å². The molecule has 3 aromatic rings. The number of nitrogens with one attached hydrogen (secondary N) is 1. The van der Waals surface area contributed by atoms with Crippen molar-refractivity contribution >= 4 is 22.4 Å². The van der Waals surface area contributed by atoms with Gasteiger partial charge in [-0.15, -0.1) is 11.3 Å². The molecule has 1 N–H and O–H groups in total. The second-order valence-corrected chi connectivity index (χ2v) is 6.76. The van der Waals surface area contributed by atoms with Gasteiger partial charge < -0.3 is 10.1 Å². The highest BCUT2D eigenvalue weighted by atomic mass is 32.1. The summed E-state index contributed by atoms with van der Waals surface area (Å²) in [5.41, 5.74) is 0.991. The number of carbonyl (C=O) groups is 1. The number of thiazole rings is 1. The molecule has 0 radical (unpaired) electrons. The van der Waals surface area contributed by atoms with Crippen LogP contribution in [0.5, 0.6) is 11.5 Å². The summed E-state index contributed by atoms with van der Waals surface area (Å²) in [6, 6.07) is 13.4. The summed E-state index contributed by atoms with van der Waals surface area (Å²) in [7, 11) is 0. The number of amides is 1. The second-order valence-electron chi connectivity index (χ2n) is 5.53. The molecule has 2 aromatic carbocycles. The zero-order chi connectivity index (χ0) is 17.6. The molecule has 6 heteroatoms. The zero-order valence-corrected chi connectivity index (χ0v) is 14.5. The molecular weight excluding hydrogens is 339 g/mol. The minimum absolute atomic E-state index is 0.0702. The Balaban J connectivity index is 1.56. The van der Waals surface area contributed by atoms with Crippen LogP contribution in [0.1, 0.15) is 16.9 Å². The number of aryl methyl sites for hydroxylation is 2. The quantitative estimate of drug-likeness (QED) is 0.679. The van der Waals surface area contributed by atoms with E-state index in [4.69, 9.17) is 4.74 Å². The first-order valence-electron chi connectivity index (χ1n) is 7.83. The maximum absolute atomic E-state index is 12.9. The Kier molecular flexibility index (Phi) is 5.40. The number of ether oxygens (including phenoxy) is 1. The van der Waals surface area contributed by atoms with Crippen LogP contribution in [-0.4, -0.2) is 10.9 Å². The SMILES string of the molecule is Cc1cnc(NC(=O)CCc2cccc(Oc3ccc(F)cc3)c2)s1. The summed E-state index contributed by atoms with van der Waals surface area (Å²) >= 11 is 1.45. The Hall–Kier alpha value is -2.73. The number of benzene rings is 2. The van der Waals surface area contributed by atoms with Crippen molar-refractivity contribution in [1.82, 2.24) is 4.98 Å². The van der Waals surface area contributed by atoms with E-state index in [1.54, 1.807) is 18.3 Å². The largest absolute Gasteiger partial charge is 0.457 e. The highest BCUT2D eigenvalue weighted by Crippen LogP contribution is 2.23. The number of nitrogens with zero attached hydrogens (tertiary/aromatic N) is 1. The minimum Gasteiger partial charge on any atom is -0.457 e. The summed E-state index contributed by atoms with van der Waals surface area (Å²) < 4.78 is 18.6. The normalized spacial score (nSPS) is 10.5. The molecule has 0 bridgehead atoms. The van der Waals surface area contributed by atoms with Gasteiger partial charge in [-0.2, -0.15) is 0 Å². The first kappa shape index (κ1) is 17.1. The van der Waals surface area contributed by atoms with Gasteiger partial charge in [-0.1, -0.05) is 12.1 Å². The van der Waals surface area contributed by atoms with Crippen LogP contribution < -0.4 is 10.1 Å². The van der Waals surface area contributed by atoms with Gasteiger partial charge in [-0.05, 0) is 55.3 Å². The van der Waals surface area contributed by atoms with E-state index in [9.17, 15) is 9.18 Å². The Morgan fingerprint density at radius 2 is 2.00 bits per heavy atom. The Labute approximate surface area is 149 Å². The third kappa shape index (κ3) is 5.12. The number of aromatic nitrogens is 1. The molecule has 1 aromatic heterocycles. The first-order chi connectivity index (χ1) is 12.1. The van der Waals surface area contributed by atoms with Crippen molar-refractivity contribution in [3.8, 4) is 11.5 Å². The van der Waals surface area contributed by atoms with Gasteiger partial charge in [0, 0.05) is 17.5 Å². The first-order valence-corrected chi connectivity index (χ1v) is 8.65. The lowest BCUT2D eigenvalue weighted by atomic mass is 10.1. The average molecular weight is 356 g/mol. The molecule has 128 valence electrons. The predicted octanol–water partition coefficient (Wildman–Crippen LogP) is 4.95. The lowest BCUT2D eigenvalue weighted by Gasteiger charge is -2.08. The van der Waals surface area contributed by atoms with Crippen molar-refractivity contribution in [3.05, 3.63) is 71.0 Å². The summed E-state index contributed by atoms with van der Waals surface area (Å²) in [4.78, 5) is 17.2. The number of hydrogen-bond donors (Lipinski definition) is 1. The van der Waals surface area contributed by atoms with Crippen molar-refractivity contribution in [2.75, 3.05) is 5.32 Å². The summed E-state index contributed by atoms with van der Waals surface area (Å²) in [6.45, 7) is 1.94. The van der Waals surface area contributed by atoms with Crippen molar-refractivity contribution in [2.45, 2.75) is 19.8 Å². The lowest BCUT2D eigenvalue weighted by Crippen LogP contribution is -2.12. The van der Waals surface area contributed by atoms with Crippen LogP contribution in [0.3, 0.4) is 0 Å². The van der Waals surface area contributed by atoms with Crippen molar-refractivity contribution < 1.29 is 13.9 Å². The molecule has 0 aliphatic carbocycles. The number of rotatable bonds is 6. The fraction of sp³-hybridized carbons (Fsp3) is 0.158. The monoisotopic (exact) mass is 356 g/mol. The maximum atomic E-state index is 12.9. The van der Waals surface area contributed by atoms with Crippen molar-refractivity contribution in [3.63, 3.8) is 0 Å². The number of anilines is 1. The molecular formula is C19H17FN2O2S. The third-order valence-electron chi connectivity index (χ3n) is 3.46. The van der Waals surface area contributed by atoms with Crippen LogP contribution in [0.4, 0.5) is 9.52 Å². The van der Waals surface area contributed by atoms with E-state index in [-0.39, 0.29) is 11.7 Å². The van der Waals surface area contributed by atoms with Crippen LogP contribution in [0.2, 0.25) is 0 Å². The molecule has 0 unspecified atom stereocenters. The molecule has 25 heavy (non-hydrogen) atoms. The number of halogens is 1. The van der Waals surface area contributed by atoms with Gasteiger partial charge in [0.05, 0.1) is 0 Å². The molecule has 0 aliphatic heterocycles. The number of hydrogen-bond acceptors (Lipinski definition) is 4. The zero-order valence-electron chi connectivity index (χ0n) is 13.7. The van der Waals surface area contributed by atoms with Gasteiger partial charge in [0.2, 0.25) is 5.91 Å². The summed E-state index contributed by atoms with van der Waals surface area (Å²) in [5, 5.41) is 3.42. The molecule has 0 saturated heterocycles. The predicted molar refractivity (Wildman–Crippen MR) is 96.7 cm³/mol. The average Bonchev–Trinajstić information content (AvgIpc) is 3.00. The highest BCUT2D eigenvalue weighted by molar-refractivity contribution is 7.15. The number of carbonyl (C=O) groups excluding carboxylic acids is 1. The molecule has 0 saturated carbocycles. The third-order valence-corrected chi connectivity index (χ3v) is 4.28. The molecule has 1 amide bonds. The Bertz CT molecular complexity index is 862. The van der Waals surface area contributed by atoms with Crippen LogP contribution >= 0.6 is 11.3 Å². The summed E-state index contributed by atoms with van der Waals surface area (Å²) in [6.07, 6.45) is 2.69. The lowest BCUT2D eigenvalue weighted by molar-refractivity contribution is -0.116. The fourth-order valence-corrected chi connectivity index (χ4v) is 2.94. The van der Waals surface area contributed by atoms with Gasteiger partial charge in [-0.25, -0.2) is 9.37 Å². The molecule has 0 spiro atoms. The smallest absolute Gasteiger partial charge is 0.226 e. The molecule has 4 nitrogen and oxygen atoms in total. The highest BCUT2D eigenvalue weighted by Gasteiger charge is 2.07. The second kappa shape index (κ2) is 7.90. The standard InChI is InChI=1S/C19H17FN2O2S/c1-13-12-21-19(25-13)22-18(23)10-5-14-3-2-4-17(11-14)24-16-8-6-15(20)7-9-16/h2-4,6-9,11-12H,5,10H2,1H3,(H,21,22,23). The van der Waals surface area contributed by atoms with Crippen LogP contribution in [0.25, 0.3) is 0 Å². The van der Waals surface area contributed by atoms with Crippen LogP contribution in [-0.2, 0) is 11.2 Å². The van der Waals surface area contributed by atoms with Crippen LogP contribution in [0.15, 0.2) is 54.7 Å². The van der Waals surface area contributed by atoms with Crippen LogP contribution in [0, 0.1) is 12.7 Å². The molecule has 3 rings (SSSR count). The molecule has 1 heterocycles. The van der Waals surface area contributed by atoms with E-state index in [1.807, 2.05) is 31.2 Å². The van der Waals surface area contributed by atoms with Crippen molar-refractivity contribution in [1.29, 1.82) is 0 Å². The van der Waals surface area contributed by atoms with E-state index in [1.165, 1.54) is 23.5 Å². The molecule has 0 aliphatic rings. The molecule has 0 fully saturated rings. The summed E-state index contributed by atoms with van der Waals surface area (Å²) in [5.74, 6) is 0.845. The van der Waals surface area contributed by atoms with Gasteiger partial charge in [-0.3, -0.25) is 4.79 Å². The van der Waals surface area contributed by atoms with E-state index < -0.39 is 0 Å². The van der Waals surface area contributed by atoms with Gasteiger partial charge in [0.1, 0.15) is 17.3 Å². The minimum atomic E-state index is -0.303. The van der Waals surface area contributed by atoms with E-state index >= 15 is 0 Å². The molecule has 0 atom stereocenters. The topological polar surface area (TPSA) is 51.2 Å². The van der Waals surface area contributed by atoms with E-state index in [0.29, 0.717) is 29.5 Å². The fourth-order valence-electron chi connectivity index (χ4n) is 2.26. The Morgan fingerprint density at radius 3 is 2.72 bits per heavy atom. The Morgan fingerprint density at radius 1 is 1.20 bits per heavy atom. The van der Waals surface area contributed by atoms with E-state index in [0.717, 1.165) is 10.4 Å². The maximum Gasteiger partial charge on any atom is 0.226 e. The van der Waals surface area contributed by atoms with Gasteiger partial charge >= 0.3 is 0 Å².